The number of nitrogen functional groups attached to an aromatic ring is 1. The number of benzene rings is 3. The fourth-order valence-corrected chi connectivity index (χ4v) is 5.32. The molecule has 5 rings (SSSR count). The molecule has 10 heteroatoms. The molecular formula is C33H40N4O6. The van der Waals surface area contributed by atoms with Crippen molar-refractivity contribution < 1.29 is 28.9 Å². The minimum absolute atomic E-state index is 0.00822. The monoisotopic (exact) mass is 588 g/mol. The molecular weight excluding hydrogens is 548 g/mol. The average molecular weight is 589 g/mol. The summed E-state index contributed by atoms with van der Waals surface area (Å²) in [5, 5.41) is 15.2. The highest BCUT2D eigenvalue weighted by Crippen LogP contribution is 2.38. The summed E-state index contributed by atoms with van der Waals surface area (Å²) in [5.41, 5.74) is 10.3. The van der Waals surface area contributed by atoms with Gasteiger partial charge >= 0.3 is 0 Å². The molecule has 10 nitrogen and oxygen atoms in total. The van der Waals surface area contributed by atoms with E-state index >= 15 is 0 Å². The Morgan fingerprint density at radius 3 is 2.37 bits per heavy atom. The number of morpholine rings is 1. The molecule has 0 radical (unpaired) electrons. The highest BCUT2D eigenvalue weighted by molar-refractivity contribution is 5.94. The minimum Gasteiger partial charge on any atom is -0.397 e. The van der Waals surface area contributed by atoms with Gasteiger partial charge in [-0.05, 0) is 41.8 Å². The third-order valence-electron chi connectivity index (χ3n) is 7.67. The van der Waals surface area contributed by atoms with E-state index in [1.54, 1.807) is 24.3 Å². The van der Waals surface area contributed by atoms with Gasteiger partial charge in [-0.25, -0.2) is 0 Å². The van der Waals surface area contributed by atoms with Gasteiger partial charge in [0.05, 0.1) is 43.4 Å². The van der Waals surface area contributed by atoms with Crippen molar-refractivity contribution in [3.8, 4) is 0 Å². The lowest BCUT2D eigenvalue weighted by Crippen LogP contribution is -2.44. The predicted molar refractivity (Wildman–Crippen MR) is 164 cm³/mol. The number of aliphatic hydroxyl groups excluding tert-OH is 1. The normalized spacial score (nSPS) is 20.8. The van der Waals surface area contributed by atoms with Crippen LogP contribution in [0.5, 0.6) is 0 Å². The molecule has 2 fully saturated rings. The molecule has 3 aromatic carbocycles. The molecule has 0 aromatic heterocycles. The maximum absolute atomic E-state index is 12.7. The summed E-state index contributed by atoms with van der Waals surface area (Å²) in [5.74, 6) is -0.367. The smallest absolute Gasteiger partial charge is 0.224 e. The van der Waals surface area contributed by atoms with Crippen LogP contribution in [0.2, 0.25) is 0 Å². The Hall–Kier alpha value is -3.80. The van der Waals surface area contributed by atoms with Crippen LogP contribution in [-0.4, -0.2) is 60.8 Å². The van der Waals surface area contributed by atoms with Crippen LogP contribution in [-0.2, 0) is 30.4 Å². The van der Waals surface area contributed by atoms with E-state index in [4.69, 9.17) is 19.9 Å². The number of para-hydroxylation sites is 2. The maximum Gasteiger partial charge on any atom is 0.224 e. The summed E-state index contributed by atoms with van der Waals surface area (Å²) < 4.78 is 18.4. The summed E-state index contributed by atoms with van der Waals surface area (Å²) >= 11 is 0. The number of hydrogen-bond acceptors (Lipinski definition) is 8. The van der Waals surface area contributed by atoms with E-state index in [9.17, 15) is 14.7 Å². The van der Waals surface area contributed by atoms with Crippen LogP contribution >= 0.6 is 0 Å². The standard InChI is InChI=1S/C33H40N4O6/c34-28-7-1-2-8-29(28)36-32(40)10-4-9-31(39)35-26-6-3-5-25(19-26)33-42-27(21-37-15-17-41-18-16-37)20-30(43-33)24-13-11-23(22-38)12-14-24/h1-3,5-8,11-14,19,27,30,33,38H,4,9-10,15-18,20-22,34H2,(H,35,39)(H,36,40)/t27-,30+,33+/m0/s1. The zero-order valence-electron chi connectivity index (χ0n) is 24.2. The first-order valence-electron chi connectivity index (χ1n) is 14.8. The van der Waals surface area contributed by atoms with Gasteiger partial charge < -0.3 is 35.7 Å². The van der Waals surface area contributed by atoms with E-state index in [0.717, 1.165) is 36.3 Å². The van der Waals surface area contributed by atoms with Crippen LogP contribution in [0, 0.1) is 0 Å². The molecule has 3 atom stereocenters. The number of nitrogens with one attached hydrogen (secondary N) is 2. The van der Waals surface area contributed by atoms with Gasteiger partial charge in [-0.15, -0.1) is 0 Å². The SMILES string of the molecule is Nc1ccccc1NC(=O)CCCC(=O)Nc1cccc([C@@H]2O[C@H](CN3CCOCC3)C[C@H](c3ccc(CO)cc3)O2)c1. The molecule has 228 valence electrons. The third-order valence-corrected chi connectivity index (χ3v) is 7.67. The number of amides is 2. The molecule has 0 bridgehead atoms. The van der Waals surface area contributed by atoms with Gasteiger partial charge in [0.2, 0.25) is 11.8 Å². The zero-order chi connectivity index (χ0) is 30.0. The largest absolute Gasteiger partial charge is 0.397 e. The fraction of sp³-hybridized carbons (Fsp3) is 0.394. The van der Waals surface area contributed by atoms with Crippen LogP contribution in [0.1, 0.15) is 54.8 Å². The van der Waals surface area contributed by atoms with Crippen LogP contribution in [0.3, 0.4) is 0 Å². The molecule has 0 aliphatic carbocycles. The van der Waals surface area contributed by atoms with Crippen molar-refractivity contribution in [3.63, 3.8) is 0 Å². The fourth-order valence-electron chi connectivity index (χ4n) is 5.32. The quantitative estimate of drug-likeness (QED) is 0.242. The first-order valence-corrected chi connectivity index (χ1v) is 14.8. The van der Waals surface area contributed by atoms with Crippen molar-refractivity contribution in [2.75, 3.05) is 49.2 Å². The van der Waals surface area contributed by atoms with E-state index in [0.29, 0.717) is 43.1 Å². The molecule has 3 aromatic rings. The third kappa shape index (κ3) is 8.85. The summed E-state index contributed by atoms with van der Waals surface area (Å²) in [6, 6.07) is 22.4. The summed E-state index contributed by atoms with van der Waals surface area (Å²) in [6.45, 7) is 3.93. The summed E-state index contributed by atoms with van der Waals surface area (Å²) in [7, 11) is 0. The van der Waals surface area contributed by atoms with E-state index in [1.807, 2.05) is 48.5 Å². The number of carbonyl (C=O) groups excluding carboxylic acids is 2. The first kappa shape index (κ1) is 30.7. The number of aliphatic hydroxyl groups is 1. The van der Waals surface area contributed by atoms with Crippen LogP contribution in [0.15, 0.2) is 72.8 Å². The lowest BCUT2D eigenvalue weighted by atomic mass is 9.99. The highest BCUT2D eigenvalue weighted by atomic mass is 16.7. The summed E-state index contributed by atoms with van der Waals surface area (Å²) in [4.78, 5) is 27.3. The molecule has 2 saturated heterocycles. The number of nitrogens with two attached hydrogens (primary N) is 1. The second kappa shape index (κ2) is 15.1. The lowest BCUT2D eigenvalue weighted by Gasteiger charge is -2.39. The van der Waals surface area contributed by atoms with Gasteiger partial charge in [0.1, 0.15) is 0 Å². The highest BCUT2D eigenvalue weighted by Gasteiger charge is 2.33. The van der Waals surface area contributed by atoms with Crippen molar-refractivity contribution in [3.05, 3.63) is 89.5 Å². The number of anilines is 3. The molecule has 0 saturated carbocycles. The second-order valence-corrected chi connectivity index (χ2v) is 10.9. The van der Waals surface area contributed by atoms with Crippen molar-refractivity contribution in [1.82, 2.24) is 4.90 Å². The topological polar surface area (TPSA) is 135 Å². The van der Waals surface area contributed by atoms with Gasteiger partial charge in [-0.2, -0.15) is 0 Å². The Morgan fingerprint density at radius 1 is 0.884 bits per heavy atom. The van der Waals surface area contributed by atoms with Gasteiger partial charge in [-0.1, -0.05) is 48.5 Å². The van der Waals surface area contributed by atoms with E-state index in [-0.39, 0.29) is 43.5 Å². The van der Waals surface area contributed by atoms with Gasteiger partial charge in [0.25, 0.3) is 0 Å². The molecule has 2 heterocycles. The average Bonchev–Trinajstić information content (AvgIpc) is 3.03. The van der Waals surface area contributed by atoms with Gasteiger partial charge in [-0.3, -0.25) is 14.5 Å². The Labute approximate surface area is 252 Å². The molecule has 0 unspecified atom stereocenters. The lowest BCUT2D eigenvalue weighted by molar-refractivity contribution is -0.253. The maximum atomic E-state index is 12.7. The predicted octanol–water partition coefficient (Wildman–Crippen LogP) is 4.39. The minimum atomic E-state index is -0.617. The number of ether oxygens (including phenoxy) is 3. The Balaban J connectivity index is 1.19. The Morgan fingerprint density at radius 2 is 1.63 bits per heavy atom. The molecule has 5 N–H and O–H groups in total. The molecule has 2 aliphatic rings. The number of carbonyl (C=O) groups is 2. The molecule has 0 spiro atoms. The van der Waals surface area contributed by atoms with Crippen LogP contribution < -0.4 is 16.4 Å². The summed E-state index contributed by atoms with van der Waals surface area (Å²) in [6.07, 6.45) is 0.644. The molecule has 43 heavy (non-hydrogen) atoms. The van der Waals surface area contributed by atoms with E-state index in [1.165, 1.54) is 0 Å². The zero-order valence-corrected chi connectivity index (χ0v) is 24.2. The Bertz CT molecular complexity index is 1360. The molecule has 2 amide bonds. The Kier molecular flexibility index (Phi) is 10.8. The number of nitrogens with zero attached hydrogens (tertiary/aromatic N) is 1. The molecule has 2 aliphatic heterocycles. The van der Waals surface area contributed by atoms with Crippen molar-refractivity contribution >= 4 is 28.9 Å². The van der Waals surface area contributed by atoms with Crippen molar-refractivity contribution in [2.45, 2.75) is 50.8 Å². The van der Waals surface area contributed by atoms with Crippen molar-refractivity contribution in [1.29, 1.82) is 0 Å². The van der Waals surface area contributed by atoms with Crippen LogP contribution in [0.25, 0.3) is 0 Å². The van der Waals surface area contributed by atoms with Gasteiger partial charge in [0, 0.05) is 50.1 Å². The van der Waals surface area contributed by atoms with E-state index < -0.39 is 6.29 Å². The number of rotatable bonds is 11. The number of hydrogen-bond donors (Lipinski definition) is 4. The van der Waals surface area contributed by atoms with Gasteiger partial charge in [0.15, 0.2) is 6.29 Å². The van der Waals surface area contributed by atoms with Crippen molar-refractivity contribution in [2.24, 2.45) is 0 Å². The van der Waals surface area contributed by atoms with E-state index in [2.05, 4.69) is 15.5 Å². The first-order chi connectivity index (χ1) is 21.0. The van der Waals surface area contributed by atoms with Crippen LogP contribution in [0.4, 0.5) is 17.1 Å². The second-order valence-electron chi connectivity index (χ2n) is 10.9.